The van der Waals surface area contributed by atoms with Crippen LogP contribution in [0, 0.1) is 6.92 Å². The Morgan fingerprint density at radius 2 is 2.09 bits per heavy atom. The van der Waals surface area contributed by atoms with E-state index >= 15 is 0 Å². The van der Waals surface area contributed by atoms with Crippen LogP contribution in [0.2, 0.25) is 0 Å². The van der Waals surface area contributed by atoms with Crippen molar-refractivity contribution in [1.82, 2.24) is 19.7 Å². The van der Waals surface area contributed by atoms with E-state index in [0.717, 1.165) is 18.1 Å². The molecule has 6 nitrogen and oxygen atoms in total. The maximum absolute atomic E-state index is 12.3. The summed E-state index contributed by atoms with van der Waals surface area (Å²) in [6.45, 7) is 5.68. The summed E-state index contributed by atoms with van der Waals surface area (Å²) in [6.07, 6.45) is 0.852. The molecule has 1 aliphatic rings. The minimum Gasteiger partial charge on any atom is -0.372 e. The summed E-state index contributed by atoms with van der Waals surface area (Å²) in [7, 11) is 0. The summed E-state index contributed by atoms with van der Waals surface area (Å²) in [4.78, 5) is 14.1. The lowest BCUT2D eigenvalue weighted by molar-refractivity contribution is -0.138. The van der Waals surface area contributed by atoms with Crippen LogP contribution in [-0.2, 0) is 22.5 Å². The molecule has 1 aromatic heterocycles. The third-order valence-electron chi connectivity index (χ3n) is 4.16. The van der Waals surface area contributed by atoms with Crippen molar-refractivity contribution in [2.75, 3.05) is 19.8 Å². The molecule has 0 fully saturated rings. The number of nitrogens with zero attached hydrogens (tertiary/aromatic N) is 4. The Balaban J connectivity index is 1.82. The second-order valence-corrected chi connectivity index (χ2v) is 5.79. The van der Waals surface area contributed by atoms with E-state index in [1.165, 1.54) is 5.56 Å². The summed E-state index contributed by atoms with van der Waals surface area (Å²) < 4.78 is 7.43. The van der Waals surface area contributed by atoms with Gasteiger partial charge in [-0.2, -0.15) is 0 Å². The van der Waals surface area contributed by atoms with Crippen LogP contribution in [0.15, 0.2) is 30.3 Å². The lowest BCUT2D eigenvalue weighted by Gasteiger charge is -2.34. The Hall–Kier alpha value is -2.21. The van der Waals surface area contributed by atoms with Gasteiger partial charge >= 0.3 is 0 Å². The maximum Gasteiger partial charge on any atom is 0.249 e. The first-order valence-electron chi connectivity index (χ1n) is 7.99. The number of aromatic nitrogens is 3. The van der Waals surface area contributed by atoms with E-state index in [-0.39, 0.29) is 18.6 Å². The van der Waals surface area contributed by atoms with Gasteiger partial charge < -0.3 is 14.2 Å². The number of carbonyl (C=O) groups is 1. The number of fused-ring (bicyclic) bond motifs is 1. The SMILES string of the molecule is CCOCC(=O)N1Cc2nnc(C)n2[C@H](Cc2ccccc2)C1. The van der Waals surface area contributed by atoms with Crippen LogP contribution in [0.4, 0.5) is 0 Å². The summed E-state index contributed by atoms with van der Waals surface area (Å²) in [5, 5.41) is 8.43. The van der Waals surface area contributed by atoms with Gasteiger partial charge in [0.2, 0.25) is 5.91 Å². The highest BCUT2D eigenvalue weighted by Gasteiger charge is 2.30. The van der Waals surface area contributed by atoms with Gasteiger partial charge in [0.25, 0.3) is 0 Å². The smallest absolute Gasteiger partial charge is 0.249 e. The summed E-state index contributed by atoms with van der Waals surface area (Å²) >= 11 is 0. The van der Waals surface area contributed by atoms with Crippen LogP contribution in [0.5, 0.6) is 0 Å². The molecule has 1 aliphatic heterocycles. The number of aryl methyl sites for hydroxylation is 1. The van der Waals surface area contributed by atoms with Crippen LogP contribution in [-0.4, -0.2) is 45.3 Å². The molecular weight excluding hydrogens is 292 g/mol. The van der Waals surface area contributed by atoms with Gasteiger partial charge in [0.05, 0.1) is 12.6 Å². The first kappa shape index (κ1) is 15.7. The standard InChI is InChI=1S/C17H22N4O2/c1-3-23-12-17(22)20-10-15(9-14-7-5-4-6-8-14)21-13(2)18-19-16(21)11-20/h4-8,15H,3,9-12H2,1-2H3/t15-/m1/s1. The molecule has 0 spiro atoms. The summed E-state index contributed by atoms with van der Waals surface area (Å²) in [5.41, 5.74) is 1.25. The molecule has 2 heterocycles. The molecule has 0 bridgehead atoms. The highest BCUT2D eigenvalue weighted by Crippen LogP contribution is 2.25. The van der Waals surface area contributed by atoms with Gasteiger partial charge in [0, 0.05) is 13.2 Å². The number of hydrogen-bond acceptors (Lipinski definition) is 4. The predicted octanol–water partition coefficient (Wildman–Crippen LogP) is 1.75. The minimum absolute atomic E-state index is 0.0109. The van der Waals surface area contributed by atoms with Crippen LogP contribution < -0.4 is 0 Å². The zero-order valence-electron chi connectivity index (χ0n) is 13.6. The largest absolute Gasteiger partial charge is 0.372 e. The van der Waals surface area contributed by atoms with Crippen LogP contribution in [0.25, 0.3) is 0 Å². The number of carbonyl (C=O) groups excluding carboxylic acids is 1. The van der Waals surface area contributed by atoms with Crippen LogP contribution in [0.1, 0.15) is 30.2 Å². The highest BCUT2D eigenvalue weighted by atomic mass is 16.5. The number of rotatable bonds is 5. The van der Waals surface area contributed by atoms with E-state index in [2.05, 4.69) is 26.9 Å². The normalized spacial score (nSPS) is 17.1. The van der Waals surface area contributed by atoms with Crippen molar-refractivity contribution in [3.63, 3.8) is 0 Å². The first-order valence-corrected chi connectivity index (χ1v) is 7.99. The molecule has 1 atom stereocenters. The molecule has 2 aromatic rings. The molecule has 1 aromatic carbocycles. The fourth-order valence-corrected chi connectivity index (χ4v) is 3.08. The van der Waals surface area contributed by atoms with Crippen molar-refractivity contribution in [1.29, 1.82) is 0 Å². The van der Waals surface area contributed by atoms with Crippen molar-refractivity contribution >= 4 is 5.91 Å². The predicted molar refractivity (Wildman–Crippen MR) is 85.9 cm³/mol. The van der Waals surface area contributed by atoms with Crippen molar-refractivity contribution in [3.8, 4) is 0 Å². The van der Waals surface area contributed by atoms with Gasteiger partial charge in [0.1, 0.15) is 12.4 Å². The second kappa shape index (κ2) is 6.91. The number of ether oxygens (including phenoxy) is 1. The number of amides is 1. The average Bonchev–Trinajstić information content (AvgIpc) is 2.95. The number of hydrogen-bond donors (Lipinski definition) is 0. The Labute approximate surface area is 136 Å². The van der Waals surface area contributed by atoms with Crippen molar-refractivity contribution < 1.29 is 9.53 Å². The molecule has 0 N–H and O–H groups in total. The Bertz CT molecular complexity index is 668. The van der Waals surface area contributed by atoms with Gasteiger partial charge in [0.15, 0.2) is 5.82 Å². The molecule has 3 rings (SSSR count). The van der Waals surface area contributed by atoms with Crippen LogP contribution >= 0.6 is 0 Å². The van der Waals surface area contributed by atoms with Gasteiger partial charge in [-0.3, -0.25) is 4.79 Å². The monoisotopic (exact) mass is 314 g/mol. The molecule has 23 heavy (non-hydrogen) atoms. The van der Waals surface area contributed by atoms with E-state index in [1.807, 2.05) is 36.9 Å². The third kappa shape index (κ3) is 3.42. The molecule has 6 heteroatoms. The maximum atomic E-state index is 12.3. The van der Waals surface area contributed by atoms with Gasteiger partial charge in [-0.15, -0.1) is 10.2 Å². The Morgan fingerprint density at radius 3 is 2.83 bits per heavy atom. The molecule has 0 saturated carbocycles. The van der Waals surface area contributed by atoms with Gasteiger partial charge in [-0.25, -0.2) is 0 Å². The summed E-state index contributed by atoms with van der Waals surface area (Å²) in [5.74, 6) is 1.76. The van der Waals surface area contributed by atoms with E-state index in [4.69, 9.17) is 4.74 Å². The Morgan fingerprint density at radius 1 is 1.30 bits per heavy atom. The van der Waals surface area contributed by atoms with Crippen molar-refractivity contribution in [3.05, 3.63) is 47.5 Å². The zero-order valence-corrected chi connectivity index (χ0v) is 13.6. The molecule has 0 radical (unpaired) electrons. The van der Waals surface area contributed by atoms with E-state index in [1.54, 1.807) is 0 Å². The van der Waals surface area contributed by atoms with Gasteiger partial charge in [-0.1, -0.05) is 30.3 Å². The fourth-order valence-electron chi connectivity index (χ4n) is 3.08. The third-order valence-corrected chi connectivity index (χ3v) is 4.16. The van der Waals surface area contributed by atoms with E-state index in [9.17, 15) is 4.79 Å². The topological polar surface area (TPSA) is 60.2 Å². The van der Waals surface area contributed by atoms with Crippen molar-refractivity contribution in [2.45, 2.75) is 32.9 Å². The Kier molecular flexibility index (Phi) is 4.71. The molecule has 0 saturated heterocycles. The van der Waals surface area contributed by atoms with Crippen LogP contribution in [0.3, 0.4) is 0 Å². The van der Waals surface area contributed by atoms with E-state index < -0.39 is 0 Å². The molecular formula is C17H22N4O2. The summed E-state index contributed by atoms with van der Waals surface area (Å²) in [6, 6.07) is 10.5. The minimum atomic E-state index is 0.0109. The first-order chi connectivity index (χ1) is 11.2. The average molecular weight is 314 g/mol. The molecule has 0 aliphatic carbocycles. The lowest BCUT2D eigenvalue weighted by atomic mass is 10.0. The zero-order chi connectivity index (χ0) is 16.2. The quantitative estimate of drug-likeness (QED) is 0.843. The highest BCUT2D eigenvalue weighted by molar-refractivity contribution is 5.77. The fraction of sp³-hybridized carbons (Fsp3) is 0.471. The van der Waals surface area contributed by atoms with Gasteiger partial charge in [-0.05, 0) is 25.8 Å². The van der Waals surface area contributed by atoms with Crippen molar-refractivity contribution in [2.24, 2.45) is 0 Å². The lowest BCUT2D eigenvalue weighted by Crippen LogP contribution is -2.43. The molecule has 0 unspecified atom stereocenters. The molecule has 1 amide bonds. The number of benzene rings is 1. The second-order valence-electron chi connectivity index (χ2n) is 5.79. The molecule has 122 valence electrons. The van der Waals surface area contributed by atoms with E-state index in [0.29, 0.717) is 19.7 Å².